The molecule has 0 aromatic heterocycles. The van der Waals surface area contributed by atoms with E-state index < -0.39 is 0 Å². The smallest absolute Gasteiger partial charge is 0.231 e. The Bertz CT molecular complexity index is 441. The van der Waals surface area contributed by atoms with Gasteiger partial charge in [0.05, 0.1) is 12.1 Å². The molecule has 15 heavy (non-hydrogen) atoms. The molecule has 0 saturated carbocycles. The van der Waals surface area contributed by atoms with Crippen LogP contribution >= 0.6 is 11.6 Å². The molecule has 78 valence electrons. The van der Waals surface area contributed by atoms with Gasteiger partial charge >= 0.3 is 0 Å². The van der Waals surface area contributed by atoms with E-state index in [9.17, 15) is 4.79 Å². The van der Waals surface area contributed by atoms with Crippen LogP contribution in [0.4, 0.5) is 5.69 Å². The summed E-state index contributed by atoms with van der Waals surface area (Å²) < 4.78 is 0. The first-order chi connectivity index (χ1) is 7.29. The Morgan fingerprint density at radius 1 is 1.33 bits per heavy atom. The standard InChI is InChI=1S/C12H12ClNO/c13-7-8-4-9-2-1-3-14-11(15)6-10(5-8)12(9)14/h4-5H,1-3,6-7H2. The first-order valence-electron chi connectivity index (χ1n) is 5.30. The van der Waals surface area contributed by atoms with Crippen molar-refractivity contribution in [2.75, 3.05) is 11.4 Å². The lowest BCUT2D eigenvalue weighted by Gasteiger charge is -2.25. The predicted octanol–water partition coefficient (Wildman–Crippen LogP) is 2.26. The van der Waals surface area contributed by atoms with Crippen LogP contribution in [0.1, 0.15) is 23.1 Å². The second-order valence-corrected chi connectivity index (χ2v) is 4.49. The van der Waals surface area contributed by atoms with Crippen molar-refractivity contribution < 1.29 is 4.79 Å². The highest BCUT2D eigenvalue weighted by Gasteiger charge is 2.31. The quantitative estimate of drug-likeness (QED) is 0.667. The molecule has 2 aliphatic heterocycles. The van der Waals surface area contributed by atoms with Gasteiger partial charge in [0.1, 0.15) is 0 Å². The maximum absolute atomic E-state index is 11.7. The molecule has 0 fully saturated rings. The normalized spacial score (nSPS) is 18.2. The Labute approximate surface area is 93.8 Å². The van der Waals surface area contributed by atoms with Crippen LogP contribution in [-0.2, 0) is 23.5 Å². The molecule has 0 spiro atoms. The average Bonchev–Trinajstić information content (AvgIpc) is 2.58. The molecule has 2 heterocycles. The maximum atomic E-state index is 11.7. The molecule has 3 heteroatoms. The van der Waals surface area contributed by atoms with Gasteiger partial charge in [0.15, 0.2) is 0 Å². The number of alkyl halides is 1. The number of aryl methyl sites for hydroxylation is 1. The Morgan fingerprint density at radius 3 is 2.93 bits per heavy atom. The third-order valence-corrected chi connectivity index (χ3v) is 3.53. The Morgan fingerprint density at radius 2 is 2.13 bits per heavy atom. The molecule has 2 nitrogen and oxygen atoms in total. The first-order valence-corrected chi connectivity index (χ1v) is 5.84. The molecule has 0 atom stereocenters. The van der Waals surface area contributed by atoms with Crippen LogP contribution in [0.2, 0.25) is 0 Å². The highest BCUT2D eigenvalue weighted by molar-refractivity contribution is 6.17. The number of carbonyl (C=O) groups is 1. The molecule has 0 aliphatic carbocycles. The molecule has 1 amide bonds. The van der Waals surface area contributed by atoms with Crippen LogP contribution in [0, 0.1) is 0 Å². The number of anilines is 1. The lowest BCUT2D eigenvalue weighted by molar-refractivity contribution is -0.117. The molecule has 2 aliphatic rings. The second kappa shape index (κ2) is 3.24. The Balaban J connectivity index is 2.20. The van der Waals surface area contributed by atoms with Crippen LogP contribution in [0.15, 0.2) is 12.1 Å². The van der Waals surface area contributed by atoms with Gasteiger partial charge in [-0.1, -0.05) is 12.1 Å². The zero-order valence-electron chi connectivity index (χ0n) is 8.42. The first kappa shape index (κ1) is 9.22. The predicted molar refractivity (Wildman–Crippen MR) is 60.4 cm³/mol. The summed E-state index contributed by atoms with van der Waals surface area (Å²) in [5, 5.41) is 0. The van der Waals surface area contributed by atoms with Crippen molar-refractivity contribution in [3.05, 3.63) is 28.8 Å². The molecule has 1 aromatic carbocycles. The van der Waals surface area contributed by atoms with Gasteiger partial charge in [-0.3, -0.25) is 4.79 Å². The van der Waals surface area contributed by atoms with Gasteiger partial charge in [-0.2, -0.15) is 0 Å². The topological polar surface area (TPSA) is 20.3 Å². The number of amides is 1. The summed E-state index contributed by atoms with van der Waals surface area (Å²) >= 11 is 5.85. The van der Waals surface area contributed by atoms with E-state index in [1.165, 1.54) is 16.8 Å². The summed E-state index contributed by atoms with van der Waals surface area (Å²) in [7, 11) is 0. The van der Waals surface area contributed by atoms with Gasteiger partial charge in [-0.05, 0) is 29.5 Å². The number of hydrogen-bond acceptors (Lipinski definition) is 1. The number of halogens is 1. The number of nitrogens with zero attached hydrogens (tertiary/aromatic N) is 1. The van der Waals surface area contributed by atoms with E-state index in [1.807, 2.05) is 4.90 Å². The summed E-state index contributed by atoms with van der Waals surface area (Å²) in [5.41, 5.74) is 4.80. The molecule has 3 rings (SSSR count). The van der Waals surface area contributed by atoms with E-state index in [0.29, 0.717) is 12.3 Å². The van der Waals surface area contributed by atoms with E-state index in [4.69, 9.17) is 11.6 Å². The van der Waals surface area contributed by atoms with E-state index >= 15 is 0 Å². The van der Waals surface area contributed by atoms with Crippen molar-refractivity contribution in [3.63, 3.8) is 0 Å². The molecule has 0 N–H and O–H groups in total. The van der Waals surface area contributed by atoms with Crippen molar-refractivity contribution in [2.45, 2.75) is 25.1 Å². The molecule has 0 bridgehead atoms. The summed E-state index contributed by atoms with van der Waals surface area (Å²) in [6.07, 6.45) is 2.72. The number of carbonyl (C=O) groups excluding carboxylic acids is 1. The van der Waals surface area contributed by atoms with Gasteiger partial charge < -0.3 is 4.90 Å². The molecular formula is C12H12ClNO. The number of hydrogen-bond donors (Lipinski definition) is 0. The van der Waals surface area contributed by atoms with Crippen molar-refractivity contribution in [2.24, 2.45) is 0 Å². The highest BCUT2D eigenvalue weighted by atomic mass is 35.5. The van der Waals surface area contributed by atoms with Gasteiger partial charge in [0, 0.05) is 12.4 Å². The monoisotopic (exact) mass is 221 g/mol. The van der Waals surface area contributed by atoms with E-state index in [2.05, 4.69) is 12.1 Å². The Hall–Kier alpha value is -1.02. The largest absolute Gasteiger partial charge is 0.312 e. The molecule has 1 aromatic rings. The SMILES string of the molecule is O=C1Cc2cc(CCl)cc3c2N1CCC3. The zero-order valence-corrected chi connectivity index (χ0v) is 9.18. The Kier molecular flexibility index (Phi) is 1.99. The van der Waals surface area contributed by atoms with Crippen LogP contribution < -0.4 is 4.90 Å². The summed E-state index contributed by atoms with van der Waals surface area (Å²) in [6.45, 7) is 0.888. The van der Waals surface area contributed by atoms with E-state index in [-0.39, 0.29) is 5.91 Å². The second-order valence-electron chi connectivity index (χ2n) is 4.22. The van der Waals surface area contributed by atoms with Crippen molar-refractivity contribution in [1.29, 1.82) is 0 Å². The average molecular weight is 222 g/mol. The lowest BCUT2D eigenvalue weighted by Crippen LogP contribution is -2.31. The van der Waals surface area contributed by atoms with Gasteiger partial charge in [-0.15, -0.1) is 11.6 Å². The minimum Gasteiger partial charge on any atom is -0.312 e. The van der Waals surface area contributed by atoms with Crippen LogP contribution in [-0.4, -0.2) is 12.5 Å². The minimum atomic E-state index is 0.248. The van der Waals surface area contributed by atoms with E-state index in [1.54, 1.807) is 0 Å². The fraction of sp³-hybridized carbons (Fsp3) is 0.417. The van der Waals surface area contributed by atoms with Crippen molar-refractivity contribution in [3.8, 4) is 0 Å². The third-order valence-electron chi connectivity index (χ3n) is 3.22. The summed E-state index contributed by atoms with van der Waals surface area (Å²) in [4.78, 5) is 13.7. The van der Waals surface area contributed by atoms with E-state index in [0.717, 1.165) is 24.9 Å². The fourth-order valence-corrected chi connectivity index (χ4v) is 2.78. The highest BCUT2D eigenvalue weighted by Crippen LogP contribution is 2.37. The minimum absolute atomic E-state index is 0.248. The maximum Gasteiger partial charge on any atom is 0.231 e. The molecular weight excluding hydrogens is 210 g/mol. The molecule has 0 unspecified atom stereocenters. The van der Waals surface area contributed by atoms with Gasteiger partial charge in [0.2, 0.25) is 5.91 Å². The lowest BCUT2D eigenvalue weighted by atomic mass is 9.97. The number of rotatable bonds is 1. The van der Waals surface area contributed by atoms with Crippen molar-refractivity contribution >= 4 is 23.2 Å². The van der Waals surface area contributed by atoms with Crippen LogP contribution in [0.3, 0.4) is 0 Å². The fourth-order valence-electron chi connectivity index (χ4n) is 2.63. The summed E-state index contributed by atoms with van der Waals surface area (Å²) in [5.74, 6) is 0.784. The van der Waals surface area contributed by atoms with Crippen molar-refractivity contribution in [1.82, 2.24) is 0 Å². The van der Waals surface area contributed by atoms with Gasteiger partial charge in [-0.25, -0.2) is 0 Å². The third kappa shape index (κ3) is 1.28. The number of benzene rings is 1. The zero-order chi connectivity index (χ0) is 10.4. The molecule has 0 saturated heterocycles. The molecule has 0 radical (unpaired) electrons. The van der Waals surface area contributed by atoms with Crippen LogP contribution in [0.5, 0.6) is 0 Å². The van der Waals surface area contributed by atoms with Crippen LogP contribution in [0.25, 0.3) is 0 Å². The van der Waals surface area contributed by atoms with Gasteiger partial charge in [0.25, 0.3) is 0 Å². The summed E-state index contributed by atoms with van der Waals surface area (Å²) in [6, 6.07) is 4.23.